The number of carboxylic acid groups (broad SMARTS) is 1. The van der Waals surface area contributed by atoms with Gasteiger partial charge in [0.05, 0.1) is 47.6 Å². The number of halogens is 2. The number of ether oxygens (including phenoxy) is 5. The molecule has 0 radical (unpaired) electrons. The van der Waals surface area contributed by atoms with Crippen molar-refractivity contribution in [2.45, 2.75) is 47.0 Å². The van der Waals surface area contributed by atoms with Gasteiger partial charge in [0.15, 0.2) is 0 Å². The van der Waals surface area contributed by atoms with Gasteiger partial charge >= 0.3 is 53.5 Å². The molecular weight excluding hydrogens is 1530 g/mol. The summed E-state index contributed by atoms with van der Waals surface area (Å²) in [5.41, 5.74) is 20.3. The normalized spacial score (nSPS) is 9.47. The molecule has 0 fully saturated rings. The van der Waals surface area contributed by atoms with Gasteiger partial charge in [-0.15, -0.1) is 12.4 Å². The fourth-order valence-corrected chi connectivity index (χ4v) is 8.00. The van der Waals surface area contributed by atoms with Crippen molar-refractivity contribution >= 4 is 112 Å². The number of primary amides is 1. The van der Waals surface area contributed by atoms with Crippen molar-refractivity contribution in [2.24, 2.45) is 11.5 Å². The molecule has 600 valence electrons. The number of nitrogens with zero attached hydrogens (tertiary/aromatic N) is 9. The first-order valence-electron chi connectivity index (χ1n) is 33.6. The summed E-state index contributed by atoms with van der Waals surface area (Å²) in [5, 5.41) is 26.8. The number of pyridine rings is 9. The van der Waals surface area contributed by atoms with E-state index in [0.717, 1.165) is 22.3 Å². The molecule has 38 heteroatoms. The van der Waals surface area contributed by atoms with Crippen LogP contribution >= 0.6 is 24.0 Å². The standard InChI is InChI=1S/C15H16N4O3.C15H14N2O4.C13H13N5O2.C13H12N4O3.C8H10N2O2.C7H5ClO2.C6H8N2.ClH.H3N/c1-2-22-14(20)12-3-4-13(17-10-12)19-15(21)18-9-11-5-7-16-8-6-11;1-2-20-14(18)11-8-9-13(16-10-11)17-15(19)21-12-6-4-3-5-7-12;14-12(19)10-1-2-11(16-8-10)18-13(20)17-7-9-3-5-15-6-4-9;18-12(19)10-1-2-11(15-8-10)17-13(20)16-7-9-3-5-14-6-4-9;1-2-12-8(11)6-3-4-7(9)10-5-6;8-7(9)10-6-4-2-1-3-5-6;7-5-6-1-3-8-4-2-6;;/h3-8,10H,2,9H2,1H3,(H2,17,18,19,21);3-10H,2H2,1H3,(H,16,17,19);1-6,8H,7H2,(H2,14,19)(H2,16,17,18,20);1-6,8H,7H2,(H,18,19)(H2,15,16,17,20);3-5H,2H2,1H3,(H2,9,10);1-5H;1-4H,5,7H2;1H;1H3. The molecule has 0 saturated carbocycles. The van der Waals surface area contributed by atoms with E-state index in [0.29, 0.717) is 91.6 Å². The zero-order valence-corrected chi connectivity index (χ0v) is 63.5. The topological polar surface area (TPSA) is 550 Å². The van der Waals surface area contributed by atoms with E-state index in [-0.39, 0.29) is 59.4 Å². The second-order valence-corrected chi connectivity index (χ2v) is 21.9. The van der Waals surface area contributed by atoms with Crippen LogP contribution in [0.3, 0.4) is 0 Å². The summed E-state index contributed by atoms with van der Waals surface area (Å²) in [5.74, 6) is -0.369. The average Bonchev–Trinajstić information content (AvgIpc) is 0.886. The maximum absolute atomic E-state index is 11.7. The number of hydrogen-bond donors (Lipinski definition) is 12. The lowest BCUT2D eigenvalue weighted by Crippen LogP contribution is -2.28. The van der Waals surface area contributed by atoms with Crippen molar-refractivity contribution in [3.05, 3.63) is 300 Å². The van der Waals surface area contributed by atoms with E-state index < -0.39 is 41.4 Å². The van der Waals surface area contributed by atoms with Gasteiger partial charge in [-0.1, -0.05) is 36.4 Å². The molecule has 11 rings (SSSR count). The lowest BCUT2D eigenvalue weighted by Gasteiger charge is -2.07. The number of nitrogens with two attached hydrogens (primary N) is 3. The molecule has 0 atom stereocenters. The molecule has 115 heavy (non-hydrogen) atoms. The summed E-state index contributed by atoms with van der Waals surface area (Å²) in [6, 6.07) is 45.8. The largest absolute Gasteiger partial charge is 0.478 e. The summed E-state index contributed by atoms with van der Waals surface area (Å²) in [7, 11) is 0. The number of aromatic carboxylic acids is 1. The second kappa shape index (κ2) is 54.6. The number of nitrogens with one attached hydrogen (secondary N) is 7. The monoisotopic (exact) mass is 1610 g/mol. The molecule has 2 aromatic carbocycles. The van der Waals surface area contributed by atoms with Gasteiger partial charge in [-0.2, -0.15) is 0 Å². The Labute approximate surface area is 670 Å². The number of carbonyl (C=O) groups excluding carboxylic acids is 9. The van der Waals surface area contributed by atoms with Crippen molar-refractivity contribution in [2.75, 3.05) is 46.8 Å². The highest BCUT2D eigenvalue weighted by atomic mass is 35.5. The van der Waals surface area contributed by atoms with E-state index in [4.69, 9.17) is 52.9 Å². The van der Waals surface area contributed by atoms with Gasteiger partial charge in [0.2, 0.25) is 5.91 Å². The first kappa shape index (κ1) is 94.2. The van der Waals surface area contributed by atoms with E-state index in [9.17, 15) is 47.9 Å². The van der Waals surface area contributed by atoms with Gasteiger partial charge in [-0.3, -0.25) is 46.0 Å². The van der Waals surface area contributed by atoms with Crippen molar-refractivity contribution in [1.82, 2.24) is 67.0 Å². The number of nitrogen functional groups attached to an aromatic ring is 1. The molecule has 0 aliphatic rings. The number of aromatic nitrogens is 9. The Balaban J connectivity index is 0.000000354. The van der Waals surface area contributed by atoms with Crippen LogP contribution in [-0.2, 0) is 40.4 Å². The summed E-state index contributed by atoms with van der Waals surface area (Å²) in [4.78, 5) is 147. The van der Waals surface area contributed by atoms with E-state index >= 15 is 0 Å². The molecule has 0 aliphatic heterocycles. The quantitative estimate of drug-likeness (QED) is 0.0181. The highest BCUT2D eigenvalue weighted by Gasteiger charge is 2.13. The van der Waals surface area contributed by atoms with Crippen LogP contribution in [0, 0.1) is 0 Å². The maximum Gasteiger partial charge on any atom is 0.418 e. The highest BCUT2D eigenvalue weighted by molar-refractivity contribution is 6.61. The molecular formula is C77H82Cl2N20O16. The van der Waals surface area contributed by atoms with Crippen LogP contribution in [0.2, 0.25) is 0 Å². The fraction of sp³-hybridized carbons (Fsp3) is 0.130. The van der Waals surface area contributed by atoms with Crippen molar-refractivity contribution in [3.63, 3.8) is 0 Å². The highest BCUT2D eigenvalue weighted by Crippen LogP contribution is 2.14. The second-order valence-electron chi connectivity index (χ2n) is 21.6. The Hall–Kier alpha value is -15.0. The van der Waals surface area contributed by atoms with Crippen molar-refractivity contribution < 1.29 is 76.7 Å². The fourth-order valence-electron chi connectivity index (χ4n) is 7.91. The number of hydrogen-bond acceptors (Lipinski definition) is 27. The molecule has 36 nitrogen and oxygen atoms in total. The van der Waals surface area contributed by atoms with Crippen LogP contribution in [0.1, 0.15) is 94.8 Å². The summed E-state index contributed by atoms with van der Waals surface area (Å²) >= 11 is 4.95. The zero-order chi connectivity index (χ0) is 81.8. The van der Waals surface area contributed by atoms with Crippen LogP contribution in [-0.4, -0.2) is 129 Å². The van der Waals surface area contributed by atoms with Gasteiger partial charge in [0, 0.05) is 118 Å². The van der Waals surface area contributed by atoms with Crippen LogP contribution in [0.4, 0.5) is 53.1 Å². The van der Waals surface area contributed by atoms with Crippen molar-refractivity contribution in [3.8, 4) is 11.5 Å². The minimum Gasteiger partial charge on any atom is -0.478 e. The molecule has 11 aromatic rings. The Morgan fingerprint density at radius 3 is 0.974 bits per heavy atom. The predicted molar refractivity (Wildman–Crippen MR) is 428 cm³/mol. The summed E-state index contributed by atoms with van der Waals surface area (Å²) in [6.07, 6.45) is 19.3. The number of carboxylic acids is 1. The summed E-state index contributed by atoms with van der Waals surface area (Å²) in [6.45, 7) is 7.90. The number of para-hydroxylation sites is 2. The molecule has 17 N–H and O–H groups in total. The summed E-state index contributed by atoms with van der Waals surface area (Å²) < 4.78 is 24.0. The Morgan fingerprint density at radius 1 is 0.391 bits per heavy atom. The van der Waals surface area contributed by atoms with Crippen LogP contribution in [0.25, 0.3) is 0 Å². The lowest BCUT2D eigenvalue weighted by atomic mass is 10.3. The number of carbonyl (C=O) groups is 10. The number of rotatable bonds is 21. The number of benzene rings is 2. The van der Waals surface area contributed by atoms with Gasteiger partial charge in [-0.25, -0.2) is 68.1 Å². The molecule has 0 aliphatic carbocycles. The minimum atomic E-state index is -1.06. The third kappa shape index (κ3) is 39.8. The average molecular weight is 1610 g/mol. The first-order chi connectivity index (χ1) is 54.6. The molecule has 0 saturated heterocycles. The number of anilines is 5. The van der Waals surface area contributed by atoms with Crippen molar-refractivity contribution in [1.29, 1.82) is 0 Å². The number of esters is 3. The van der Waals surface area contributed by atoms with E-state index in [1.54, 1.807) is 161 Å². The predicted octanol–water partition coefficient (Wildman–Crippen LogP) is 11.6. The van der Waals surface area contributed by atoms with Crippen LogP contribution in [0.15, 0.2) is 250 Å². The first-order valence-corrected chi connectivity index (χ1v) is 34.0. The molecule has 8 amide bonds. The van der Waals surface area contributed by atoms with Gasteiger partial charge in [0.25, 0.3) is 0 Å². The Bertz CT molecular complexity index is 4600. The van der Waals surface area contributed by atoms with E-state index in [1.807, 2.05) is 36.4 Å². The Morgan fingerprint density at radius 2 is 0.696 bits per heavy atom. The Kier molecular flexibility index (Phi) is 44.7. The van der Waals surface area contributed by atoms with E-state index in [1.165, 1.54) is 73.4 Å². The van der Waals surface area contributed by atoms with Crippen LogP contribution < -0.4 is 70.0 Å². The molecule has 0 spiro atoms. The van der Waals surface area contributed by atoms with Gasteiger partial charge in [0.1, 0.15) is 40.6 Å². The van der Waals surface area contributed by atoms with Gasteiger partial charge < -0.3 is 68.1 Å². The van der Waals surface area contributed by atoms with E-state index in [2.05, 4.69) is 86.8 Å². The molecule has 9 aromatic heterocycles. The smallest absolute Gasteiger partial charge is 0.418 e. The molecule has 0 bridgehead atoms. The number of amides is 8. The zero-order valence-electron chi connectivity index (χ0n) is 61.9. The number of urea groups is 3. The minimum absolute atomic E-state index is 0. The molecule has 0 unspecified atom stereocenters. The third-order valence-corrected chi connectivity index (χ3v) is 13.4. The van der Waals surface area contributed by atoms with Gasteiger partial charge in [-0.05, 0) is 176 Å². The maximum atomic E-state index is 11.7. The molecule has 9 heterocycles. The third-order valence-electron chi connectivity index (χ3n) is 13.3. The van der Waals surface area contributed by atoms with Crippen LogP contribution in [0.5, 0.6) is 11.5 Å². The lowest BCUT2D eigenvalue weighted by molar-refractivity contribution is 0.0516. The SMILES string of the molecule is CCOC(=O)c1ccc(N)nc1.CCOC(=O)c1ccc(NC(=O)NCc2ccncc2)nc1.CCOC(=O)c1ccc(NC(=O)Oc2ccccc2)nc1.Cl.N.NC(=O)c1ccc(NC(=O)NCc2ccncc2)nc1.NCc1ccncc1.O=C(Cl)Oc1ccccc1.O=C(NCc1ccncc1)Nc1ccc(C(=O)O)cn1.